The van der Waals surface area contributed by atoms with E-state index in [-0.39, 0.29) is 16.9 Å². The molecule has 1 aromatic carbocycles. The second-order valence-electron chi connectivity index (χ2n) is 6.17. The first-order valence-electron chi connectivity index (χ1n) is 8.00. The minimum Gasteiger partial charge on any atom is -0.486 e. The van der Waals surface area contributed by atoms with Crippen LogP contribution in [0.1, 0.15) is 43.2 Å². The summed E-state index contributed by atoms with van der Waals surface area (Å²) in [4.78, 5) is 17.2. The van der Waals surface area contributed by atoms with Gasteiger partial charge in [0.05, 0.1) is 15.9 Å². The summed E-state index contributed by atoms with van der Waals surface area (Å²) in [5.74, 6) is 2.22. The summed E-state index contributed by atoms with van der Waals surface area (Å²) in [5.41, 5.74) is 1.64. The van der Waals surface area contributed by atoms with Gasteiger partial charge in [0.25, 0.3) is 5.56 Å². The average molecular weight is 345 g/mol. The number of aliphatic imine (C=N–C) groups is 1. The van der Waals surface area contributed by atoms with Gasteiger partial charge in [-0.3, -0.25) is 14.6 Å². The van der Waals surface area contributed by atoms with E-state index >= 15 is 0 Å². The first kappa shape index (κ1) is 15.4. The van der Waals surface area contributed by atoms with Crippen LogP contribution in [0.15, 0.2) is 28.0 Å². The number of aromatic amines is 1. The van der Waals surface area contributed by atoms with Crippen LogP contribution < -0.4 is 15.0 Å². The number of hydrogen-bond acceptors (Lipinski definition) is 5. The Bertz CT molecular complexity index is 882. The topological polar surface area (TPSA) is 68.6 Å². The maximum Gasteiger partial charge on any atom is 0.271 e. The molecule has 0 radical (unpaired) electrons. The fourth-order valence-corrected chi connectivity index (χ4v) is 4.13. The van der Waals surface area contributed by atoms with Crippen LogP contribution in [0.5, 0.6) is 11.5 Å². The molecular formula is C17H19N3O3S. The molecule has 6 nitrogen and oxygen atoms in total. The van der Waals surface area contributed by atoms with Crippen LogP contribution >= 0.6 is 11.8 Å². The van der Waals surface area contributed by atoms with Crippen LogP contribution in [0.3, 0.4) is 0 Å². The third-order valence-corrected chi connectivity index (χ3v) is 5.31. The molecule has 2 aliphatic rings. The molecule has 0 saturated carbocycles. The molecule has 0 aliphatic carbocycles. The molecule has 1 N–H and O–H groups in total. The molecule has 0 saturated heterocycles. The highest BCUT2D eigenvalue weighted by atomic mass is 32.2. The predicted octanol–water partition coefficient (Wildman–Crippen LogP) is 3.41. The zero-order chi connectivity index (χ0) is 16.8. The molecule has 0 unspecified atom stereocenters. The number of H-pyrrole nitrogens is 1. The second kappa shape index (κ2) is 5.73. The van der Waals surface area contributed by atoms with E-state index in [1.54, 1.807) is 11.8 Å². The third kappa shape index (κ3) is 2.43. The van der Waals surface area contributed by atoms with Gasteiger partial charge >= 0.3 is 0 Å². The largest absolute Gasteiger partial charge is 0.486 e. The van der Waals surface area contributed by atoms with E-state index in [9.17, 15) is 4.79 Å². The van der Waals surface area contributed by atoms with E-state index in [2.05, 4.69) is 10.1 Å². The molecule has 3 heterocycles. The minimum absolute atomic E-state index is 0.0812. The maximum atomic E-state index is 12.6. The van der Waals surface area contributed by atoms with Crippen molar-refractivity contribution in [3.8, 4) is 11.5 Å². The smallest absolute Gasteiger partial charge is 0.271 e. The molecule has 4 rings (SSSR count). The van der Waals surface area contributed by atoms with Crippen molar-refractivity contribution < 1.29 is 9.47 Å². The molecule has 7 heteroatoms. The SMILES string of the molecule is CC1=Nc2c(c(=O)[nH]n2C(C)C)[C@H](c2ccc3c(c2)OCCO3)S1. The Kier molecular flexibility index (Phi) is 3.68. The first-order chi connectivity index (χ1) is 11.5. The zero-order valence-electron chi connectivity index (χ0n) is 13.8. The highest BCUT2D eigenvalue weighted by Crippen LogP contribution is 2.46. The molecule has 2 aliphatic heterocycles. The van der Waals surface area contributed by atoms with Gasteiger partial charge < -0.3 is 9.47 Å². The molecule has 126 valence electrons. The fourth-order valence-electron chi connectivity index (χ4n) is 3.04. The summed E-state index contributed by atoms with van der Waals surface area (Å²) in [5, 5.41) is 3.76. The van der Waals surface area contributed by atoms with Crippen LogP contribution in [0, 0.1) is 0 Å². The number of thioether (sulfide) groups is 1. The summed E-state index contributed by atoms with van der Waals surface area (Å²) in [7, 11) is 0. The minimum atomic E-state index is -0.0999. The van der Waals surface area contributed by atoms with Gasteiger partial charge in [-0.05, 0) is 38.5 Å². The number of benzene rings is 1. The molecule has 0 spiro atoms. The number of nitrogens with zero attached hydrogens (tertiary/aromatic N) is 2. The summed E-state index contributed by atoms with van der Waals surface area (Å²) in [6, 6.07) is 6.03. The van der Waals surface area contributed by atoms with E-state index in [1.807, 2.05) is 43.7 Å². The quantitative estimate of drug-likeness (QED) is 0.905. The van der Waals surface area contributed by atoms with Crippen molar-refractivity contribution in [3.05, 3.63) is 39.7 Å². The Hall–Kier alpha value is -2.15. The van der Waals surface area contributed by atoms with Crippen molar-refractivity contribution in [2.75, 3.05) is 13.2 Å². The normalized spacial score (nSPS) is 19.2. The van der Waals surface area contributed by atoms with Gasteiger partial charge in [-0.25, -0.2) is 4.99 Å². The lowest BCUT2D eigenvalue weighted by molar-refractivity contribution is 0.171. The molecule has 1 atom stereocenters. The Morgan fingerprint density at radius 2 is 2.04 bits per heavy atom. The Labute approximate surface area is 143 Å². The number of nitrogens with one attached hydrogen (secondary N) is 1. The second-order valence-corrected chi connectivity index (χ2v) is 7.47. The van der Waals surface area contributed by atoms with Crippen LogP contribution in [0.2, 0.25) is 0 Å². The van der Waals surface area contributed by atoms with Crippen molar-refractivity contribution >= 4 is 22.6 Å². The lowest BCUT2D eigenvalue weighted by Crippen LogP contribution is -2.17. The summed E-state index contributed by atoms with van der Waals surface area (Å²) in [6.45, 7) is 7.15. The van der Waals surface area contributed by atoms with Crippen LogP contribution in [-0.4, -0.2) is 28.0 Å². The molecule has 2 aromatic rings. The van der Waals surface area contributed by atoms with Gasteiger partial charge in [0.15, 0.2) is 17.3 Å². The van der Waals surface area contributed by atoms with E-state index in [4.69, 9.17) is 9.47 Å². The molecule has 1 aromatic heterocycles. The fraction of sp³-hybridized carbons (Fsp3) is 0.412. The van der Waals surface area contributed by atoms with Gasteiger partial charge in [-0.2, -0.15) is 0 Å². The molecule has 0 bridgehead atoms. The highest BCUT2D eigenvalue weighted by molar-refractivity contribution is 8.14. The van der Waals surface area contributed by atoms with E-state index < -0.39 is 0 Å². The van der Waals surface area contributed by atoms with Crippen molar-refractivity contribution in [2.45, 2.75) is 32.1 Å². The average Bonchev–Trinajstić information content (AvgIpc) is 2.90. The van der Waals surface area contributed by atoms with Crippen LogP contribution in [0.4, 0.5) is 5.82 Å². The Morgan fingerprint density at radius 1 is 1.29 bits per heavy atom. The number of aromatic nitrogens is 2. The highest BCUT2D eigenvalue weighted by Gasteiger charge is 2.31. The van der Waals surface area contributed by atoms with Gasteiger partial charge in [-0.15, -0.1) is 0 Å². The summed E-state index contributed by atoms with van der Waals surface area (Å²) < 4.78 is 13.1. The zero-order valence-corrected chi connectivity index (χ0v) is 14.6. The van der Waals surface area contributed by atoms with Crippen LogP contribution in [0.25, 0.3) is 0 Å². The van der Waals surface area contributed by atoms with Crippen molar-refractivity contribution in [1.29, 1.82) is 0 Å². The van der Waals surface area contributed by atoms with E-state index in [1.165, 1.54) is 0 Å². The Balaban J connectivity index is 1.84. The first-order valence-corrected chi connectivity index (χ1v) is 8.88. The monoisotopic (exact) mass is 345 g/mol. The Morgan fingerprint density at radius 3 is 2.79 bits per heavy atom. The molecule has 0 amide bonds. The van der Waals surface area contributed by atoms with Crippen molar-refractivity contribution in [3.63, 3.8) is 0 Å². The number of fused-ring (bicyclic) bond motifs is 2. The van der Waals surface area contributed by atoms with Gasteiger partial charge in [0, 0.05) is 6.04 Å². The lowest BCUT2D eigenvalue weighted by atomic mass is 10.1. The van der Waals surface area contributed by atoms with E-state index in [0.717, 1.165) is 27.9 Å². The third-order valence-electron chi connectivity index (χ3n) is 4.14. The predicted molar refractivity (Wildman–Crippen MR) is 95.1 cm³/mol. The van der Waals surface area contributed by atoms with Crippen LogP contribution in [-0.2, 0) is 0 Å². The molecular weight excluding hydrogens is 326 g/mol. The van der Waals surface area contributed by atoms with Gasteiger partial charge in [0.1, 0.15) is 13.2 Å². The lowest BCUT2D eigenvalue weighted by Gasteiger charge is -2.24. The standard InChI is InChI=1S/C17H19N3O3S/c1-9(2)20-16-14(17(21)19-20)15(24-10(3)18-16)11-4-5-12-13(8-11)23-7-6-22-12/h4-5,8-9,15H,6-7H2,1-3H3,(H,19,21)/t15-/m0/s1. The van der Waals surface area contributed by atoms with Gasteiger partial charge in [-0.1, -0.05) is 17.8 Å². The van der Waals surface area contributed by atoms with Gasteiger partial charge in [0.2, 0.25) is 0 Å². The number of hydrogen-bond donors (Lipinski definition) is 1. The summed E-state index contributed by atoms with van der Waals surface area (Å²) in [6.07, 6.45) is 0. The van der Waals surface area contributed by atoms with Crippen molar-refractivity contribution in [2.24, 2.45) is 4.99 Å². The summed E-state index contributed by atoms with van der Waals surface area (Å²) >= 11 is 1.59. The maximum absolute atomic E-state index is 12.6. The number of ether oxygens (including phenoxy) is 2. The van der Waals surface area contributed by atoms with E-state index in [0.29, 0.717) is 18.8 Å². The number of rotatable bonds is 2. The molecule has 0 fully saturated rings. The molecule has 24 heavy (non-hydrogen) atoms. The van der Waals surface area contributed by atoms with Crippen molar-refractivity contribution in [1.82, 2.24) is 9.78 Å².